The maximum atomic E-state index is 11.9. The number of carbonyl (C=O) groups excluding carboxylic acids is 2. The lowest BCUT2D eigenvalue weighted by molar-refractivity contribution is -0.145. The molecule has 1 atom stereocenters. The molecule has 0 radical (unpaired) electrons. The van der Waals surface area contributed by atoms with E-state index >= 15 is 0 Å². The molecular weight excluding hydrogens is 330 g/mol. The average Bonchev–Trinajstić information content (AvgIpc) is 2.69. The zero-order valence-electron chi connectivity index (χ0n) is 15.3. The lowest BCUT2D eigenvalue weighted by Gasteiger charge is -2.16. The minimum Gasteiger partial charge on any atom is -0.448 e. The van der Waals surface area contributed by atoms with Crippen LogP contribution in [0.1, 0.15) is 51.0 Å². The van der Waals surface area contributed by atoms with E-state index in [0.717, 1.165) is 18.4 Å². The van der Waals surface area contributed by atoms with Crippen molar-refractivity contribution in [1.82, 2.24) is 5.32 Å². The van der Waals surface area contributed by atoms with Crippen LogP contribution in [0.15, 0.2) is 30.3 Å². The molecule has 5 nitrogen and oxygen atoms in total. The maximum absolute atomic E-state index is 11.9. The fourth-order valence-electron chi connectivity index (χ4n) is 2.79. The third kappa shape index (κ3) is 7.60. The molecule has 1 aliphatic rings. The first-order chi connectivity index (χ1) is 12.7. The molecular formula is C21H27NO4. The van der Waals surface area contributed by atoms with Crippen LogP contribution in [0, 0.1) is 17.8 Å². The van der Waals surface area contributed by atoms with E-state index in [0.29, 0.717) is 12.3 Å². The quantitative estimate of drug-likeness (QED) is 0.621. The van der Waals surface area contributed by atoms with Gasteiger partial charge in [0.1, 0.15) is 13.2 Å². The van der Waals surface area contributed by atoms with Gasteiger partial charge in [-0.1, -0.05) is 68.4 Å². The molecule has 140 valence electrons. The highest BCUT2D eigenvalue weighted by Gasteiger charge is 2.14. The second kappa shape index (κ2) is 11.2. The van der Waals surface area contributed by atoms with E-state index in [1.54, 1.807) is 0 Å². The molecule has 1 unspecified atom stereocenters. The van der Waals surface area contributed by atoms with Gasteiger partial charge in [0.2, 0.25) is 0 Å². The second-order valence-corrected chi connectivity index (χ2v) is 6.43. The van der Waals surface area contributed by atoms with Crippen molar-refractivity contribution in [3.8, 4) is 11.8 Å². The summed E-state index contributed by atoms with van der Waals surface area (Å²) in [6, 6.07) is 9.35. The third-order valence-corrected chi connectivity index (χ3v) is 4.29. The molecule has 1 aromatic rings. The van der Waals surface area contributed by atoms with Gasteiger partial charge in [0.15, 0.2) is 6.10 Å². The van der Waals surface area contributed by atoms with Crippen molar-refractivity contribution in [2.24, 2.45) is 5.92 Å². The summed E-state index contributed by atoms with van der Waals surface area (Å²) < 4.78 is 10.4. The van der Waals surface area contributed by atoms with E-state index in [2.05, 4.69) is 17.2 Å². The molecule has 1 saturated carbocycles. The smallest absolute Gasteiger partial charge is 0.407 e. The summed E-state index contributed by atoms with van der Waals surface area (Å²) in [5.74, 6) is 6.22. The van der Waals surface area contributed by atoms with Crippen LogP contribution in [0.3, 0.4) is 0 Å². The minimum absolute atomic E-state index is 0.159. The van der Waals surface area contributed by atoms with Gasteiger partial charge in [-0.2, -0.15) is 0 Å². The van der Waals surface area contributed by atoms with Gasteiger partial charge in [0, 0.05) is 5.92 Å². The van der Waals surface area contributed by atoms with Gasteiger partial charge in [-0.15, -0.1) is 0 Å². The van der Waals surface area contributed by atoms with Crippen LogP contribution in [0.25, 0.3) is 0 Å². The number of carbonyl (C=O) groups is 2. The predicted octanol–water partition coefficient (Wildman–Crippen LogP) is 3.82. The van der Waals surface area contributed by atoms with E-state index in [1.807, 2.05) is 37.3 Å². The molecule has 5 heteroatoms. The molecule has 26 heavy (non-hydrogen) atoms. The molecule has 0 spiro atoms. The van der Waals surface area contributed by atoms with E-state index in [1.165, 1.54) is 19.3 Å². The maximum Gasteiger partial charge on any atom is 0.407 e. The molecule has 0 aliphatic heterocycles. The number of ether oxygens (including phenoxy) is 2. The number of hydrogen-bond donors (Lipinski definition) is 1. The van der Waals surface area contributed by atoms with Gasteiger partial charge in [-0.3, -0.25) is 4.79 Å². The van der Waals surface area contributed by atoms with Crippen molar-refractivity contribution < 1.29 is 19.1 Å². The largest absolute Gasteiger partial charge is 0.448 e. The first kappa shape index (κ1) is 19.8. The molecule has 1 fully saturated rings. The van der Waals surface area contributed by atoms with E-state index in [4.69, 9.17) is 9.47 Å². The van der Waals surface area contributed by atoms with Crippen molar-refractivity contribution >= 4 is 12.1 Å². The van der Waals surface area contributed by atoms with Crippen molar-refractivity contribution in [2.75, 3.05) is 6.54 Å². The molecule has 1 amide bonds. The topological polar surface area (TPSA) is 64.6 Å². The van der Waals surface area contributed by atoms with Gasteiger partial charge >= 0.3 is 12.1 Å². The number of amides is 1. The zero-order valence-corrected chi connectivity index (χ0v) is 15.3. The first-order valence-corrected chi connectivity index (χ1v) is 9.32. The van der Waals surface area contributed by atoms with Crippen molar-refractivity contribution in [3.05, 3.63) is 35.9 Å². The average molecular weight is 357 g/mol. The Hall–Kier alpha value is -2.48. The Morgan fingerprint density at radius 1 is 1.19 bits per heavy atom. The lowest BCUT2D eigenvalue weighted by atomic mass is 9.90. The number of esters is 1. The Morgan fingerprint density at radius 2 is 1.92 bits per heavy atom. The summed E-state index contributed by atoms with van der Waals surface area (Å²) in [6.07, 6.45) is 5.56. The molecule has 1 aliphatic carbocycles. The predicted molar refractivity (Wildman–Crippen MR) is 99.2 cm³/mol. The van der Waals surface area contributed by atoms with Gasteiger partial charge < -0.3 is 14.8 Å². The highest BCUT2D eigenvalue weighted by Crippen LogP contribution is 2.22. The first-order valence-electron chi connectivity index (χ1n) is 9.32. The van der Waals surface area contributed by atoms with Crippen molar-refractivity contribution in [1.29, 1.82) is 0 Å². The Labute approximate surface area is 155 Å². The van der Waals surface area contributed by atoms with Crippen molar-refractivity contribution in [3.63, 3.8) is 0 Å². The second-order valence-electron chi connectivity index (χ2n) is 6.43. The van der Waals surface area contributed by atoms with Gasteiger partial charge in [0.05, 0.1) is 0 Å². The van der Waals surface area contributed by atoms with Crippen LogP contribution in [-0.4, -0.2) is 24.7 Å². The standard InChI is InChI=1S/C21H27NO4/c1-2-19(14-13-17-9-5-3-6-10-17)26-20(23)15-22-21(24)25-16-18-11-7-4-8-12-18/h4,7-8,11-12,17,19H,2-3,5-6,9-10,15-16H2,1H3,(H,22,24). The summed E-state index contributed by atoms with van der Waals surface area (Å²) in [4.78, 5) is 23.5. The summed E-state index contributed by atoms with van der Waals surface area (Å²) >= 11 is 0. The monoisotopic (exact) mass is 357 g/mol. The van der Waals surface area contributed by atoms with Gasteiger partial charge in [-0.25, -0.2) is 4.79 Å². The summed E-state index contributed by atoms with van der Waals surface area (Å²) in [7, 11) is 0. The Kier molecular flexibility index (Phi) is 8.54. The summed E-state index contributed by atoms with van der Waals surface area (Å²) in [6.45, 7) is 1.86. The van der Waals surface area contributed by atoms with E-state index in [9.17, 15) is 9.59 Å². The molecule has 2 rings (SSSR count). The van der Waals surface area contributed by atoms with Crippen LogP contribution in [-0.2, 0) is 20.9 Å². The Bertz CT molecular complexity index is 626. The molecule has 0 saturated heterocycles. The van der Waals surface area contributed by atoms with Crippen LogP contribution in [0.5, 0.6) is 0 Å². The number of benzene rings is 1. The normalized spacial score (nSPS) is 15.3. The highest BCUT2D eigenvalue weighted by molar-refractivity contribution is 5.78. The van der Waals surface area contributed by atoms with Crippen LogP contribution in [0.4, 0.5) is 4.79 Å². The number of nitrogens with one attached hydrogen (secondary N) is 1. The highest BCUT2D eigenvalue weighted by atomic mass is 16.6. The molecule has 0 bridgehead atoms. The van der Waals surface area contributed by atoms with E-state index < -0.39 is 18.2 Å². The molecule has 1 N–H and O–H groups in total. The summed E-state index contributed by atoms with van der Waals surface area (Å²) in [5, 5.41) is 2.40. The third-order valence-electron chi connectivity index (χ3n) is 4.29. The fraction of sp³-hybridized carbons (Fsp3) is 0.524. The van der Waals surface area contributed by atoms with Crippen LogP contribution >= 0.6 is 0 Å². The van der Waals surface area contributed by atoms with Crippen LogP contribution in [0.2, 0.25) is 0 Å². The van der Waals surface area contributed by atoms with Gasteiger partial charge in [-0.05, 0) is 24.8 Å². The van der Waals surface area contributed by atoms with Gasteiger partial charge in [0.25, 0.3) is 0 Å². The molecule has 0 aromatic heterocycles. The Morgan fingerprint density at radius 3 is 2.62 bits per heavy atom. The SMILES string of the molecule is CCC(C#CC1CCCCC1)OC(=O)CNC(=O)OCc1ccccc1. The zero-order chi connectivity index (χ0) is 18.6. The Balaban J connectivity index is 1.67. The molecule has 1 aromatic carbocycles. The molecule has 0 heterocycles. The lowest BCUT2D eigenvalue weighted by Crippen LogP contribution is -2.32. The minimum atomic E-state index is -0.646. The number of alkyl carbamates (subject to hydrolysis) is 1. The van der Waals surface area contributed by atoms with Crippen molar-refractivity contribution in [2.45, 2.75) is 58.2 Å². The fourth-order valence-corrected chi connectivity index (χ4v) is 2.79. The number of hydrogen-bond acceptors (Lipinski definition) is 4. The number of rotatable bonds is 6. The summed E-state index contributed by atoms with van der Waals surface area (Å²) in [5.41, 5.74) is 0.884. The van der Waals surface area contributed by atoms with Crippen LogP contribution < -0.4 is 5.32 Å². The van der Waals surface area contributed by atoms with E-state index in [-0.39, 0.29) is 13.2 Å².